The van der Waals surface area contributed by atoms with Gasteiger partial charge in [-0.25, -0.2) is 4.98 Å². The molecule has 1 heterocycles. The van der Waals surface area contributed by atoms with Crippen molar-refractivity contribution in [3.05, 3.63) is 11.1 Å². The van der Waals surface area contributed by atoms with Crippen LogP contribution in [0.3, 0.4) is 0 Å². The van der Waals surface area contributed by atoms with Crippen molar-refractivity contribution < 1.29 is 14.7 Å². The highest BCUT2D eigenvalue weighted by Gasteiger charge is 2.26. The summed E-state index contributed by atoms with van der Waals surface area (Å²) in [5, 5.41) is 16.6. The lowest BCUT2D eigenvalue weighted by atomic mass is 10.1. The zero-order chi connectivity index (χ0) is 13.1. The van der Waals surface area contributed by atoms with E-state index in [1.807, 2.05) is 0 Å². The number of thiazole rings is 1. The van der Waals surface area contributed by atoms with Gasteiger partial charge in [-0.3, -0.25) is 14.9 Å². The summed E-state index contributed by atoms with van der Waals surface area (Å²) >= 11 is 1.31. The van der Waals surface area contributed by atoms with Crippen molar-refractivity contribution in [3.63, 3.8) is 0 Å². The van der Waals surface area contributed by atoms with E-state index in [1.54, 1.807) is 19.2 Å². The summed E-state index contributed by atoms with van der Waals surface area (Å²) in [6.45, 7) is 4.91. The Labute approximate surface area is 103 Å². The maximum Gasteiger partial charge on any atom is 0.323 e. The minimum atomic E-state index is -1.00. The number of carboxylic acids is 1. The van der Waals surface area contributed by atoms with Crippen LogP contribution in [-0.4, -0.2) is 27.5 Å². The Morgan fingerprint density at radius 3 is 2.71 bits per heavy atom. The molecular weight excluding hydrogens is 242 g/mol. The second-order valence-corrected chi connectivity index (χ2v) is 4.97. The van der Waals surface area contributed by atoms with Crippen molar-refractivity contribution in [2.75, 3.05) is 5.32 Å². The van der Waals surface area contributed by atoms with E-state index < -0.39 is 11.5 Å². The minimum Gasteiger partial charge on any atom is -0.480 e. The molecule has 6 nitrogen and oxygen atoms in total. The SMILES string of the molecule is CC(=O)Nc1nc(CNC(C)(C)C(=O)O)cs1. The summed E-state index contributed by atoms with van der Waals surface area (Å²) in [6.07, 6.45) is 0. The topological polar surface area (TPSA) is 91.3 Å². The first kappa shape index (κ1) is 13.6. The number of carbonyl (C=O) groups excluding carboxylic acids is 1. The summed E-state index contributed by atoms with van der Waals surface area (Å²) in [7, 11) is 0. The van der Waals surface area contributed by atoms with Crippen LogP contribution in [0.5, 0.6) is 0 Å². The summed E-state index contributed by atoms with van der Waals surface area (Å²) in [4.78, 5) is 25.8. The zero-order valence-electron chi connectivity index (χ0n) is 9.90. The van der Waals surface area contributed by atoms with Crippen LogP contribution in [0.15, 0.2) is 5.38 Å². The monoisotopic (exact) mass is 257 g/mol. The third-order valence-corrected chi connectivity index (χ3v) is 2.89. The zero-order valence-corrected chi connectivity index (χ0v) is 10.7. The first-order chi connectivity index (χ1) is 7.81. The molecule has 0 spiro atoms. The van der Waals surface area contributed by atoms with E-state index in [4.69, 9.17) is 5.11 Å². The van der Waals surface area contributed by atoms with Gasteiger partial charge in [-0.1, -0.05) is 0 Å². The lowest BCUT2D eigenvalue weighted by Crippen LogP contribution is -2.46. The predicted molar refractivity (Wildman–Crippen MR) is 65.0 cm³/mol. The van der Waals surface area contributed by atoms with Crippen molar-refractivity contribution in [1.82, 2.24) is 10.3 Å². The van der Waals surface area contributed by atoms with E-state index in [1.165, 1.54) is 18.3 Å². The number of carboxylic acid groups (broad SMARTS) is 1. The highest BCUT2D eigenvalue weighted by molar-refractivity contribution is 7.13. The highest BCUT2D eigenvalue weighted by atomic mass is 32.1. The van der Waals surface area contributed by atoms with Crippen LogP contribution >= 0.6 is 11.3 Å². The van der Waals surface area contributed by atoms with E-state index in [9.17, 15) is 9.59 Å². The summed E-state index contributed by atoms with van der Waals surface area (Å²) in [5.41, 5.74) is -0.300. The van der Waals surface area contributed by atoms with Gasteiger partial charge in [-0.2, -0.15) is 0 Å². The molecule has 0 saturated heterocycles. The van der Waals surface area contributed by atoms with E-state index in [-0.39, 0.29) is 5.91 Å². The fraction of sp³-hybridized carbons (Fsp3) is 0.500. The van der Waals surface area contributed by atoms with Gasteiger partial charge in [0.1, 0.15) is 5.54 Å². The second-order valence-electron chi connectivity index (χ2n) is 4.11. The number of carbonyl (C=O) groups is 2. The third kappa shape index (κ3) is 4.12. The lowest BCUT2D eigenvalue weighted by molar-refractivity contribution is -0.143. The van der Waals surface area contributed by atoms with Gasteiger partial charge < -0.3 is 10.4 Å². The quantitative estimate of drug-likeness (QED) is 0.733. The molecule has 0 aliphatic heterocycles. The molecule has 0 unspecified atom stereocenters. The largest absolute Gasteiger partial charge is 0.480 e. The van der Waals surface area contributed by atoms with Crippen molar-refractivity contribution in [3.8, 4) is 0 Å². The molecule has 17 heavy (non-hydrogen) atoms. The average molecular weight is 257 g/mol. The molecule has 3 N–H and O–H groups in total. The molecule has 1 aromatic rings. The van der Waals surface area contributed by atoms with Gasteiger partial charge in [0, 0.05) is 18.8 Å². The lowest BCUT2D eigenvalue weighted by Gasteiger charge is -2.20. The molecular formula is C10H15N3O3S. The number of nitrogens with zero attached hydrogens (tertiary/aromatic N) is 1. The molecule has 0 atom stereocenters. The molecule has 0 fully saturated rings. The Bertz CT molecular complexity index is 428. The normalized spacial score (nSPS) is 11.2. The maximum atomic E-state index is 10.9. The number of hydrogen-bond acceptors (Lipinski definition) is 5. The first-order valence-corrected chi connectivity index (χ1v) is 5.89. The molecule has 1 rings (SSSR count). The van der Waals surface area contributed by atoms with E-state index in [2.05, 4.69) is 15.6 Å². The fourth-order valence-corrected chi connectivity index (χ4v) is 1.74. The average Bonchev–Trinajstić information content (AvgIpc) is 2.61. The minimum absolute atomic E-state index is 0.176. The van der Waals surface area contributed by atoms with Crippen molar-refractivity contribution in [2.45, 2.75) is 32.9 Å². The Kier molecular flexibility index (Phi) is 4.19. The maximum absolute atomic E-state index is 10.9. The molecule has 7 heteroatoms. The van der Waals surface area contributed by atoms with Crippen molar-refractivity contribution in [2.24, 2.45) is 0 Å². The molecule has 0 aromatic carbocycles. The number of hydrogen-bond donors (Lipinski definition) is 3. The van der Waals surface area contributed by atoms with Crippen LogP contribution in [0.1, 0.15) is 26.5 Å². The van der Waals surface area contributed by atoms with Gasteiger partial charge in [0.25, 0.3) is 0 Å². The van der Waals surface area contributed by atoms with Crippen LogP contribution in [0, 0.1) is 0 Å². The summed E-state index contributed by atoms with van der Waals surface area (Å²) in [5.74, 6) is -1.10. The molecule has 0 radical (unpaired) electrons. The number of anilines is 1. The standard InChI is InChI=1S/C10H15N3O3S/c1-6(14)12-9-13-7(5-17-9)4-11-10(2,3)8(15)16/h5,11H,4H2,1-3H3,(H,15,16)(H,12,13,14). The van der Waals surface area contributed by atoms with Gasteiger partial charge in [-0.05, 0) is 13.8 Å². The number of aromatic nitrogens is 1. The molecule has 0 aliphatic carbocycles. The van der Waals surface area contributed by atoms with Gasteiger partial charge >= 0.3 is 5.97 Å². The Morgan fingerprint density at radius 1 is 1.53 bits per heavy atom. The van der Waals surface area contributed by atoms with Gasteiger partial charge in [0.15, 0.2) is 5.13 Å². The number of aliphatic carboxylic acids is 1. The van der Waals surface area contributed by atoms with Crippen LogP contribution in [0.4, 0.5) is 5.13 Å². The van der Waals surface area contributed by atoms with Crippen LogP contribution in [-0.2, 0) is 16.1 Å². The van der Waals surface area contributed by atoms with Gasteiger partial charge in [-0.15, -0.1) is 11.3 Å². The van der Waals surface area contributed by atoms with Gasteiger partial charge in [0.2, 0.25) is 5.91 Å². The molecule has 1 aromatic heterocycles. The van der Waals surface area contributed by atoms with E-state index in [0.29, 0.717) is 17.4 Å². The molecule has 0 aliphatic rings. The second kappa shape index (κ2) is 5.24. The first-order valence-electron chi connectivity index (χ1n) is 5.01. The third-order valence-electron chi connectivity index (χ3n) is 2.08. The number of amides is 1. The Morgan fingerprint density at radius 2 is 2.18 bits per heavy atom. The van der Waals surface area contributed by atoms with Crippen LogP contribution < -0.4 is 10.6 Å². The molecule has 0 saturated carbocycles. The van der Waals surface area contributed by atoms with Crippen LogP contribution in [0.2, 0.25) is 0 Å². The number of nitrogens with one attached hydrogen (secondary N) is 2. The van der Waals surface area contributed by atoms with Crippen molar-refractivity contribution in [1.29, 1.82) is 0 Å². The van der Waals surface area contributed by atoms with E-state index >= 15 is 0 Å². The van der Waals surface area contributed by atoms with Crippen molar-refractivity contribution >= 4 is 28.3 Å². The van der Waals surface area contributed by atoms with Crippen LogP contribution in [0.25, 0.3) is 0 Å². The summed E-state index contributed by atoms with van der Waals surface area (Å²) < 4.78 is 0. The number of rotatable bonds is 5. The Balaban J connectivity index is 2.56. The predicted octanol–water partition coefficient (Wildman–Crippen LogP) is 1.05. The smallest absolute Gasteiger partial charge is 0.323 e. The molecule has 0 bridgehead atoms. The molecule has 94 valence electrons. The Hall–Kier alpha value is -1.47. The fourth-order valence-electron chi connectivity index (χ4n) is 0.983. The van der Waals surface area contributed by atoms with Gasteiger partial charge in [0.05, 0.1) is 5.69 Å². The highest BCUT2D eigenvalue weighted by Crippen LogP contribution is 2.15. The molecule has 1 amide bonds. The summed E-state index contributed by atoms with van der Waals surface area (Å²) in [6, 6.07) is 0. The van der Waals surface area contributed by atoms with E-state index in [0.717, 1.165) is 0 Å².